The lowest BCUT2D eigenvalue weighted by Crippen LogP contribution is -1.81. The van der Waals surface area contributed by atoms with Gasteiger partial charge in [-0.05, 0) is 19.8 Å². The molecule has 0 aliphatic heterocycles. The van der Waals surface area contributed by atoms with Gasteiger partial charge in [-0.15, -0.1) is 0 Å². The quantitative estimate of drug-likeness (QED) is 0.390. The molecular weight excluding hydrogens is 172 g/mol. The number of rotatable bonds is 8. The molecular formula is C12H22N2. The molecule has 0 rings (SSSR count). The zero-order chi connectivity index (χ0) is 10.6. The Hall–Kier alpha value is -0.920. The molecule has 0 aliphatic rings. The second-order valence-corrected chi connectivity index (χ2v) is 3.34. The number of nitrogens with zero attached hydrogens (tertiary/aromatic N) is 2. The molecule has 0 unspecified atom stereocenters. The first-order chi connectivity index (χ1) is 6.85. The van der Waals surface area contributed by atoms with Crippen LogP contribution >= 0.6 is 0 Å². The van der Waals surface area contributed by atoms with Crippen LogP contribution in [0.15, 0.2) is 34.8 Å². The Kier molecular flexibility index (Phi) is 9.49. The summed E-state index contributed by atoms with van der Waals surface area (Å²) in [7, 11) is 0. The topological polar surface area (TPSA) is 24.7 Å². The highest BCUT2D eigenvalue weighted by Gasteiger charge is 1.94. The summed E-state index contributed by atoms with van der Waals surface area (Å²) in [5, 5.41) is 7.83. The Bertz CT molecular complexity index is 192. The number of allylic oxidation sites excluding steroid dienone is 2. The van der Waals surface area contributed by atoms with Crippen LogP contribution in [0.25, 0.3) is 0 Å². The smallest absolute Gasteiger partial charge is 0.0588 e. The Balaban J connectivity index is 3.54. The van der Waals surface area contributed by atoms with Crippen LogP contribution in [0.4, 0.5) is 0 Å². The van der Waals surface area contributed by atoms with E-state index in [1.54, 1.807) is 0 Å². The third-order valence-corrected chi connectivity index (χ3v) is 2.14. The Morgan fingerprint density at radius 3 is 2.50 bits per heavy atom. The molecule has 0 saturated carbocycles. The van der Waals surface area contributed by atoms with Gasteiger partial charge in [-0.2, -0.15) is 10.2 Å². The van der Waals surface area contributed by atoms with E-state index in [1.807, 2.05) is 13.0 Å². The SMILES string of the molecule is C=CN=N/C(=C\C)CCCCCCC. The van der Waals surface area contributed by atoms with E-state index in [4.69, 9.17) is 0 Å². The average molecular weight is 194 g/mol. The summed E-state index contributed by atoms with van der Waals surface area (Å²) in [6.07, 6.45) is 11.0. The minimum absolute atomic E-state index is 1.04. The summed E-state index contributed by atoms with van der Waals surface area (Å²) in [5.74, 6) is 0. The highest BCUT2D eigenvalue weighted by Crippen LogP contribution is 2.12. The van der Waals surface area contributed by atoms with E-state index in [0.29, 0.717) is 0 Å². The molecule has 2 heteroatoms. The highest BCUT2D eigenvalue weighted by atomic mass is 15.1. The van der Waals surface area contributed by atoms with Gasteiger partial charge < -0.3 is 0 Å². The molecule has 0 aromatic heterocycles. The van der Waals surface area contributed by atoms with E-state index in [1.165, 1.54) is 38.3 Å². The standard InChI is InChI=1S/C12H22N2/c1-4-7-8-9-10-11-12(5-2)14-13-6-3/h5-6H,3-4,7-11H2,1-2H3/b12-5-,14-13?. The first-order valence-electron chi connectivity index (χ1n) is 5.52. The van der Waals surface area contributed by atoms with Crippen LogP contribution in [0.2, 0.25) is 0 Å². The van der Waals surface area contributed by atoms with E-state index < -0.39 is 0 Å². The van der Waals surface area contributed by atoms with Gasteiger partial charge in [0.1, 0.15) is 0 Å². The molecule has 0 spiro atoms. The van der Waals surface area contributed by atoms with Crippen LogP contribution in [0.1, 0.15) is 52.4 Å². The molecule has 0 amide bonds. The Morgan fingerprint density at radius 2 is 1.93 bits per heavy atom. The minimum atomic E-state index is 1.04. The van der Waals surface area contributed by atoms with Gasteiger partial charge in [-0.25, -0.2) is 0 Å². The Labute approximate surface area is 87.8 Å². The van der Waals surface area contributed by atoms with Crippen molar-refractivity contribution >= 4 is 0 Å². The van der Waals surface area contributed by atoms with Crippen molar-refractivity contribution in [3.05, 3.63) is 24.6 Å². The zero-order valence-electron chi connectivity index (χ0n) is 9.50. The lowest BCUT2D eigenvalue weighted by Gasteiger charge is -1.99. The second-order valence-electron chi connectivity index (χ2n) is 3.34. The first kappa shape index (κ1) is 13.1. The second kappa shape index (κ2) is 10.2. The molecule has 2 nitrogen and oxygen atoms in total. The van der Waals surface area contributed by atoms with Crippen LogP contribution in [0.5, 0.6) is 0 Å². The van der Waals surface area contributed by atoms with Crippen molar-refractivity contribution in [2.24, 2.45) is 10.2 Å². The summed E-state index contributed by atoms with van der Waals surface area (Å²) < 4.78 is 0. The van der Waals surface area contributed by atoms with Crippen LogP contribution in [0, 0.1) is 0 Å². The van der Waals surface area contributed by atoms with Gasteiger partial charge in [0, 0.05) is 6.20 Å². The number of hydrogen-bond donors (Lipinski definition) is 0. The fraction of sp³-hybridized carbons (Fsp3) is 0.667. The van der Waals surface area contributed by atoms with Gasteiger partial charge in [0.25, 0.3) is 0 Å². The van der Waals surface area contributed by atoms with Crippen molar-refractivity contribution in [1.29, 1.82) is 0 Å². The van der Waals surface area contributed by atoms with E-state index in [2.05, 4.69) is 23.7 Å². The largest absolute Gasteiger partial charge is 0.160 e. The van der Waals surface area contributed by atoms with Crippen LogP contribution < -0.4 is 0 Å². The molecule has 0 N–H and O–H groups in total. The number of azo groups is 1. The van der Waals surface area contributed by atoms with E-state index in [-0.39, 0.29) is 0 Å². The van der Waals surface area contributed by atoms with Gasteiger partial charge in [0.15, 0.2) is 0 Å². The number of hydrogen-bond acceptors (Lipinski definition) is 2. The van der Waals surface area contributed by atoms with Gasteiger partial charge >= 0.3 is 0 Å². The van der Waals surface area contributed by atoms with Crippen molar-refractivity contribution < 1.29 is 0 Å². The highest BCUT2D eigenvalue weighted by molar-refractivity contribution is 4.96. The fourth-order valence-electron chi connectivity index (χ4n) is 1.28. The van der Waals surface area contributed by atoms with E-state index >= 15 is 0 Å². The minimum Gasteiger partial charge on any atom is -0.160 e. The van der Waals surface area contributed by atoms with Crippen molar-refractivity contribution in [3.8, 4) is 0 Å². The maximum Gasteiger partial charge on any atom is 0.0588 e. The predicted molar refractivity (Wildman–Crippen MR) is 62.2 cm³/mol. The van der Waals surface area contributed by atoms with Gasteiger partial charge in [0.05, 0.1) is 5.70 Å². The summed E-state index contributed by atoms with van der Waals surface area (Å²) in [4.78, 5) is 0. The molecule has 0 bridgehead atoms. The average Bonchev–Trinajstić information content (AvgIpc) is 2.22. The predicted octanol–water partition coefficient (Wildman–Crippen LogP) is 4.85. The molecule has 80 valence electrons. The first-order valence-corrected chi connectivity index (χ1v) is 5.52. The molecule has 0 aromatic rings. The Morgan fingerprint density at radius 1 is 1.21 bits per heavy atom. The molecule has 0 radical (unpaired) electrons. The molecule has 0 heterocycles. The van der Waals surface area contributed by atoms with Crippen LogP contribution in [-0.4, -0.2) is 0 Å². The summed E-state index contributed by atoms with van der Waals surface area (Å²) in [6.45, 7) is 7.74. The molecule has 0 fully saturated rings. The van der Waals surface area contributed by atoms with Gasteiger partial charge in [-0.1, -0.05) is 45.3 Å². The summed E-state index contributed by atoms with van der Waals surface area (Å²) in [6, 6.07) is 0. The van der Waals surface area contributed by atoms with E-state index in [0.717, 1.165) is 12.1 Å². The third kappa shape index (κ3) is 7.71. The zero-order valence-corrected chi connectivity index (χ0v) is 9.50. The molecule has 0 aliphatic carbocycles. The lowest BCUT2D eigenvalue weighted by atomic mass is 10.1. The molecule has 0 atom stereocenters. The van der Waals surface area contributed by atoms with Crippen molar-refractivity contribution in [2.75, 3.05) is 0 Å². The third-order valence-electron chi connectivity index (χ3n) is 2.14. The molecule has 0 saturated heterocycles. The van der Waals surface area contributed by atoms with Crippen LogP contribution in [0.3, 0.4) is 0 Å². The van der Waals surface area contributed by atoms with Crippen molar-refractivity contribution in [3.63, 3.8) is 0 Å². The normalized spacial score (nSPS) is 12.3. The summed E-state index contributed by atoms with van der Waals surface area (Å²) >= 11 is 0. The fourth-order valence-corrected chi connectivity index (χ4v) is 1.28. The lowest BCUT2D eigenvalue weighted by molar-refractivity contribution is 0.627. The van der Waals surface area contributed by atoms with Gasteiger partial charge in [-0.3, -0.25) is 0 Å². The maximum absolute atomic E-state index is 4.05. The van der Waals surface area contributed by atoms with Crippen molar-refractivity contribution in [1.82, 2.24) is 0 Å². The number of unbranched alkanes of at least 4 members (excludes halogenated alkanes) is 4. The van der Waals surface area contributed by atoms with Crippen LogP contribution in [-0.2, 0) is 0 Å². The molecule has 14 heavy (non-hydrogen) atoms. The van der Waals surface area contributed by atoms with Gasteiger partial charge in [0.2, 0.25) is 0 Å². The monoisotopic (exact) mass is 194 g/mol. The summed E-state index contributed by atoms with van der Waals surface area (Å²) in [5.41, 5.74) is 1.07. The van der Waals surface area contributed by atoms with Crippen molar-refractivity contribution in [2.45, 2.75) is 52.4 Å². The maximum atomic E-state index is 4.05. The molecule has 0 aromatic carbocycles. The van der Waals surface area contributed by atoms with E-state index in [9.17, 15) is 0 Å².